The van der Waals surface area contributed by atoms with E-state index < -0.39 is 0 Å². The molecule has 0 spiro atoms. The van der Waals surface area contributed by atoms with Crippen LogP contribution in [0.1, 0.15) is 30.1 Å². The van der Waals surface area contributed by atoms with Crippen molar-refractivity contribution >= 4 is 22.8 Å². The van der Waals surface area contributed by atoms with Crippen molar-refractivity contribution in [1.29, 1.82) is 0 Å². The molecule has 2 aromatic carbocycles. The molecule has 6 heteroatoms. The molecule has 2 heterocycles. The van der Waals surface area contributed by atoms with Crippen LogP contribution in [-0.2, 0) is 9.53 Å². The molecule has 0 aliphatic carbocycles. The van der Waals surface area contributed by atoms with Crippen LogP contribution in [0.25, 0.3) is 22.2 Å². The summed E-state index contributed by atoms with van der Waals surface area (Å²) in [4.78, 5) is 32.0. The van der Waals surface area contributed by atoms with E-state index in [0.29, 0.717) is 36.5 Å². The number of hydrogen-bond donors (Lipinski definition) is 0. The lowest BCUT2D eigenvalue weighted by Gasteiger charge is -2.32. The van der Waals surface area contributed by atoms with Gasteiger partial charge in [0.25, 0.3) is 5.91 Å². The van der Waals surface area contributed by atoms with Gasteiger partial charge in [0.2, 0.25) is 0 Å². The molecule has 4 rings (SSSR count). The molecule has 0 radical (unpaired) electrons. The predicted octanol–water partition coefficient (Wildman–Crippen LogP) is 4.46. The molecule has 0 unspecified atom stereocenters. The number of nitrogens with zero attached hydrogens (tertiary/aromatic N) is 2. The first-order chi connectivity index (χ1) is 14.6. The van der Waals surface area contributed by atoms with Crippen molar-refractivity contribution in [2.75, 3.05) is 19.7 Å². The first kappa shape index (κ1) is 20.0. The molecular formula is C24H23FN2O3. The van der Waals surface area contributed by atoms with E-state index in [1.807, 2.05) is 24.3 Å². The lowest BCUT2D eigenvalue weighted by molar-refractivity contribution is -0.149. The zero-order valence-electron chi connectivity index (χ0n) is 16.8. The Bertz CT molecular complexity index is 1080. The fourth-order valence-corrected chi connectivity index (χ4v) is 3.91. The average Bonchev–Trinajstić information content (AvgIpc) is 2.78. The third kappa shape index (κ3) is 4.03. The van der Waals surface area contributed by atoms with E-state index in [-0.39, 0.29) is 23.6 Å². The van der Waals surface area contributed by atoms with E-state index in [9.17, 15) is 14.0 Å². The number of carbonyl (C=O) groups is 2. The highest BCUT2D eigenvalue weighted by molar-refractivity contribution is 6.07. The lowest BCUT2D eigenvalue weighted by Crippen LogP contribution is -2.42. The summed E-state index contributed by atoms with van der Waals surface area (Å²) in [5.74, 6) is -1.01. The first-order valence-corrected chi connectivity index (χ1v) is 10.2. The van der Waals surface area contributed by atoms with Gasteiger partial charge in [-0.3, -0.25) is 9.59 Å². The molecule has 5 nitrogen and oxygen atoms in total. The molecule has 0 bridgehead atoms. The summed E-state index contributed by atoms with van der Waals surface area (Å²) >= 11 is 0. The molecule has 1 atom stereocenters. The van der Waals surface area contributed by atoms with Gasteiger partial charge in [-0.15, -0.1) is 0 Å². The second-order valence-corrected chi connectivity index (χ2v) is 7.42. The smallest absolute Gasteiger partial charge is 0.310 e. The van der Waals surface area contributed by atoms with Crippen molar-refractivity contribution in [3.8, 4) is 11.3 Å². The van der Waals surface area contributed by atoms with Crippen LogP contribution in [-0.4, -0.2) is 41.5 Å². The van der Waals surface area contributed by atoms with Gasteiger partial charge in [-0.25, -0.2) is 9.37 Å². The number of carbonyl (C=O) groups excluding carboxylic acids is 2. The van der Waals surface area contributed by atoms with E-state index in [1.54, 1.807) is 30.0 Å². The molecular weight excluding hydrogens is 383 g/mol. The van der Waals surface area contributed by atoms with Crippen LogP contribution < -0.4 is 0 Å². The molecule has 0 N–H and O–H groups in total. The van der Waals surface area contributed by atoms with E-state index >= 15 is 0 Å². The molecule has 0 saturated carbocycles. The molecule has 30 heavy (non-hydrogen) atoms. The van der Waals surface area contributed by atoms with Crippen LogP contribution >= 0.6 is 0 Å². The molecule has 1 saturated heterocycles. The van der Waals surface area contributed by atoms with Crippen molar-refractivity contribution < 1.29 is 18.7 Å². The molecule has 1 aliphatic rings. The Kier molecular flexibility index (Phi) is 5.74. The highest BCUT2D eigenvalue weighted by Crippen LogP contribution is 2.28. The minimum atomic E-state index is -0.325. The Labute approximate surface area is 174 Å². The second kappa shape index (κ2) is 8.61. The van der Waals surface area contributed by atoms with Gasteiger partial charge in [-0.1, -0.05) is 18.2 Å². The van der Waals surface area contributed by atoms with Crippen molar-refractivity contribution in [1.82, 2.24) is 9.88 Å². The summed E-state index contributed by atoms with van der Waals surface area (Å²) in [5.41, 5.74) is 2.57. The van der Waals surface area contributed by atoms with Gasteiger partial charge in [-0.2, -0.15) is 0 Å². The Morgan fingerprint density at radius 2 is 1.93 bits per heavy atom. The van der Waals surface area contributed by atoms with Crippen LogP contribution in [0.5, 0.6) is 0 Å². The molecule has 1 aromatic heterocycles. The summed E-state index contributed by atoms with van der Waals surface area (Å²) in [6.07, 6.45) is 1.48. The second-order valence-electron chi connectivity index (χ2n) is 7.42. The third-order valence-corrected chi connectivity index (χ3v) is 5.42. The monoisotopic (exact) mass is 406 g/mol. The fourth-order valence-electron chi connectivity index (χ4n) is 3.91. The van der Waals surface area contributed by atoms with Gasteiger partial charge in [0, 0.05) is 24.0 Å². The normalized spacial score (nSPS) is 16.5. The topological polar surface area (TPSA) is 59.5 Å². The zero-order chi connectivity index (χ0) is 21.1. The number of aromatic nitrogens is 1. The van der Waals surface area contributed by atoms with Crippen molar-refractivity contribution in [2.45, 2.75) is 19.8 Å². The predicted molar refractivity (Wildman–Crippen MR) is 112 cm³/mol. The van der Waals surface area contributed by atoms with E-state index in [2.05, 4.69) is 4.98 Å². The van der Waals surface area contributed by atoms with E-state index in [4.69, 9.17) is 4.74 Å². The van der Waals surface area contributed by atoms with Gasteiger partial charge in [0.15, 0.2) is 0 Å². The highest BCUT2D eigenvalue weighted by Gasteiger charge is 2.30. The molecule has 1 aliphatic heterocycles. The quantitative estimate of drug-likeness (QED) is 0.601. The summed E-state index contributed by atoms with van der Waals surface area (Å²) in [7, 11) is 0. The number of likely N-dealkylation sites (tertiary alicyclic amines) is 1. The minimum absolute atomic E-state index is 0.133. The van der Waals surface area contributed by atoms with Crippen molar-refractivity contribution in [3.63, 3.8) is 0 Å². The van der Waals surface area contributed by atoms with Crippen molar-refractivity contribution in [2.24, 2.45) is 5.92 Å². The van der Waals surface area contributed by atoms with Gasteiger partial charge in [-0.05, 0) is 56.2 Å². The van der Waals surface area contributed by atoms with Crippen LogP contribution in [0.4, 0.5) is 4.39 Å². The number of rotatable bonds is 4. The first-order valence-electron chi connectivity index (χ1n) is 10.2. The Morgan fingerprint density at radius 1 is 1.17 bits per heavy atom. The van der Waals surface area contributed by atoms with Crippen molar-refractivity contribution in [3.05, 3.63) is 66.0 Å². The Balaban J connectivity index is 1.71. The van der Waals surface area contributed by atoms with Crippen LogP contribution in [0, 0.1) is 11.7 Å². The van der Waals surface area contributed by atoms with Gasteiger partial charge < -0.3 is 9.64 Å². The number of halogens is 1. The number of esters is 1. The summed E-state index contributed by atoms with van der Waals surface area (Å²) in [6, 6.07) is 15.3. The number of pyridine rings is 1. The molecule has 1 amide bonds. The average molecular weight is 406 g/mol. The molecule has 154 valence electrons. The number of fused-ring (bicyclic) bond motifs is 1. The van der Waals surface area contributed by atoms with Gasteiger partial charge in [0.1, 0.15) is 5.82 Å². The number of hydrogen-bond acceptors (Lipinski definition) is 4. The summed E-state index contributed by atoms with van der Waals surface area (Å²) in [5, 5.41) is 0.756. The standard InChI is InChI=1S/C24H23FN2O3/c1-2-30-24(29)17-6-5-13-27(15-17)23(28)20-14-22(16-9-11-18(25)12-10-16)26-21-8-4-3-7-19(20)21/h3-4,7-12,14,17H,2,5-6,13,15H2,1H3/t17-/m1/s1. The van der Waals surface area contributed by atoms with Crippen LogP contribution in [0.2, 0.25) is 0 Å². The summed E-state index contributed by atoms with van der Waals surface area (Å²) in [6.45, 7) is 3.06. The number of piperidine rings is 1. The summed E-state index contributed by atoms with van der Waals surface area (Å²) < 4.78 is 18.5. The molecule has 3 aromatic rings. The number of amides is 1. The number of para-hydroxylation sites is 1. The largest absolute Gasteiger partial charge is 0.466 e. The Morgan fingerprint density at radius 3 is 2.70 bits per heavy atom. The minimum Gasteiger partial charge on any atom is -0.466 e. The van der Waals surface area contributed by atoms with E-state index in [1.165, 1.54) is 12.1 Å². The number of ether oxygens (including phenoxy) is 1. The number of benzene rings is 2. The van der Waals surface area contributed by atoms with Gasteiger partial charge >= 0.3 is 5.97 Å². The SMILES string of the molecule is CCOC(=O)[C@@H]1CCCN(C(=O)c2cc(-c3ccc(F)cc3)nc3ccccc23)C1. The zero-order valence-corrected chi connectivity index (χ0v) is 16.8. The maximum atomic E-state index is 13.5. The van der Waals surface area contributed by atoms with Crippen LogP contribution in [0.15, 0.2) is 54.6 Å². The van der Waals surface area contributed by atoms with E-state index in [0.717, 1.165) is 23.8 Å². The lowest BCUT2D eigenvalue weighted by atomic mass is 9.96. The molecule has 1 fully saturated rings. The van der Waals surface area contributed by atoms with Gasteiger partial charge in [0.05, 0.1) is 29.3 Å². The third-order valence-electron chi connectivity index (χ3n) is 5.42. The maximum absolute atomic E-state index is 13.5. The Hall–Kier alpha value is -3.28. The fraction of sp³-hybridized carbons (Fsp3) is 0.292. The maximum Gasteiger partial charge on any atom is 0.310 e. The van der Waals surface area contributed by atoms with Crippen LogP contribution in [0.3, 0.4) is 0 Å². The highest BCUT2D eigenvalue weighted by atomic mass is 19.1.